The van der Waals surface area contributed by atoms with Crippen molar-refractivity contribution in [3.8, 4) is 0 Å². The van der Waals surface area contributed by atoms with Crippen LogP contribution in [0.3, 0.4) is 0 Å². The van der Waals surface area contributed by atoms with E-state index in [-0.39, 0.29) is 29.6 Å². The topological polar surface area (TPSA) is 42.4 Å². The Balaban J connectivity index is 0.00000108. The van der Waals surface area contributed by atoms with Gasteiger partial charge in [-0.05, 0) is 25.2 Å². The Bertz CT molecular complexity index is 421. The second-order valence-electron chi connectivity index (χ2n) is 5.51. The lowest BCUT2D eigenvalue weighted by Crippen LogP contribution is -2.35. The first-order valence-electron chi connectivity index (χ1n) is 6.40. The van der Waals surface area contributed by atoms with E-state index >= 15 is 0 Å². The number of hydrogen-bond acceptors (Lipinski definition) is 1. The van der Waals surface area contributed by atoms with Crippen molar-refractivity contribution in [1.82, 2.24) is 0 Å². The molecule has 2 fully saturated rings. The molecular weight excluding hydrogens is 236 g/mol. The van der Waals surface area contributed by atoms with Crippen molar-refractivity contribution < 1.29 is 9.49 Å². The Morgan fingerprint density at radius 2 is 2.06 bits per heavy atom. The second kappa shape index (κ2) is 3.91. The van der Waals surface area contributed by atoms with Crippen molar-refractivity contribution in [2.75, 3.05) is 0 Å². The molecule has 1 saturated heterocycles. The Labute approximate surface area is 108 Å². The number of allylic oxidation sites excluding steroid dienone is 1. The van der Waals surface area contributed by atoms with Gasteiger partial charge < -0.3 is 5.53 Å². The molecule has 2 bridgehead atoms. The van der Waals surface area contributed by atoms with Crippen molar-refractivity contribution in [2.24, 2.45) is 11.3 Å². The average Bonchev–Trinajstić information content (AvgIpc) is 2.89. The van der Waals surface area contributed by atoms with Crippen LogP contribution in [0.1, 0.15) is 46.0 Å². The van der Waals surface area contributed by atoms with Crippen LogP contribution in [-0.4, -0.2) is 16.5 Å². The highest BCUT2D eigenvalue weighted by Crippen LogP contribution is 2.60. The summed E-state index contributed by atoms with van der Waals surface area (Å²) in [6, 6.07) is -0.289. The van der Waals surface area contributed by atoms with Crippen LogP contribution >= 0.6 is 12.4 Å². The zero-order valence-corrected chi connectivity index (χ0v) is 11.2. The molecule has 1 saturated carbocycles. The van der Waals surface area contributed by atoms with Gasteiger partial charge in [-0.1, -0.05) is 26.7 Å². The highest BCUT2D eigenvalue weighted by molar-refractivity contribution is 6.00. The molecule has 2 unspecified atom stereocenters. The van der Waals surface area contributed by atoms with Crippen molar-refractivity contribution in [3.05, 3.63) is 16.8 Å². The first kappa shape index (κ1) is 12.7. The summed E-state index contributed by atoms with van der Waals surface area (Å²) in [6.07, 6.45) is 5.21. The van der Waals surface area contributed by atoms with E-state index in [2.05, 4.69) is 13.8 Å². The lowest BCUT2D eigenvalue weighted by molar-refractivity contribution is -0.541. The molecule has 3 nitrogen and oxygen atoms in total. The normalized spacial score (nSPS) is 30.6. The van der Waals surface area contributed by atoms with Gasteiger partial charge in [0.15, 0.2) is 5.70 Å². The standard InChI is InChI=1S/C13H18N2O.ClH/c1-3-8(2)9-10-12(16)13(6-4-5-7-13)11(9)15(10)14;/h8,10H,3-7H2,1-2H3;1H. The third-order valence-electron chi connectivity index (χ3n) is 4.82. The minimum Gasteiger partial charge on any atom is -0.499 e. The van der Waals surface area contributed by atoms with Gasteiger partial charge in [0, 0.05) is 0 Å². The molecule has 4 aliphatic rings. The maximum absolute atomic E-state index is 12.4. The Kier molecular flexibility index (Phi) is 2.93. The SMILES string of the molecule is CCC(C)C1=C2[N+](=[N-])C1C(=O)C21CCCC1.Cl. The molecule has 4 rings (SSSR count). The minimum absolute atomic E-state index is 0. The molecule has 0 radical (unpaired) electrons. The van der Waals surface area contributed by atoms with Crippen LogP contribution in [0.2, 0.25) is 0 Å². The molecule has 4 heteroatoms. The van der Waals surface area contributed by atoms with Crippen LogP contribution in [0, 0.1) is 11.3 Å². The van der Waals surface area contributed by atoms with E-state index in [1.165, 1.54) is 10.3 Å². The highest BCUT2D eigenvalue weighted by Gasteiger charge is 2.70. The molecule has 0 aromatic carbocycles. The minimum atomic E-state index is -0.289. The Hall–Kier alpha value is -0.700. The van der Waals surface area contributed by atoms with Gasteiger partial charge in [0.25, 0.3) is 0 Å². The number of rotatable bonds is 2. The number of ketones is 1. The number of halogens is 1. The molecule has 0 aromatic heterocycles. The van der Waals surface area contributed by atoms with Gasteiger partial charge in [-0.3, -0.25) is 9.49 Å². The van der Waals surface area contributed by atoms with E-state index in [1.807, 2.05) is 0 Å². The monoisotopic (exact) mass is 254 g/mol. The number of carbonyl (C=O) groups is 1. The van der Waals surface area contributed by atoms with E-state index in [1.54, 1.807) is 0 Å². The number of carbonyl (C=O) groups excluding carboxylic acids is 1. The largest absolute Gasteiger partial charge is 0.499 e. The Morgan fingerprint density at radius 1 is 1.47 bits per heavy atom. The molecule has 0 aromatic rings. The third kappa shape index (κ3) is 1.26. The van der Waals surface area contributed by atoms with Gasteiger partial charge >= 0.3 is 0 Å². The fraction of sp³-hybridized carbons (Fsp3) is 0.769. The Morgan fingerprint density at radius 3 is 2.59 bits per heavy atom. The predicted octanol–water partition coefficient (Wildman–Crippen LogP) is 3.27. The number of hydrogen-bond donors (Lipinski definition) is 0. The molecule has 2 heterocycles. The van der Waals surface area contributed by atoms with Crippen LogP contribution in [-0.2, 0) is 4.79 Å². The predicted molar refractivity (Wildman–Crippen MR) is 67.0 cm³/mol. The highest BCUT2D eigenvalue weighted by atomic mass is 35.5. The van der Waals surface area contributed by atoms with E-state index in [9.17, 15) is 10.3 Å². The summed E-state index contributed by atoms with van der Waals surface area (Å²) >= 11 is 0. The number of nitrogens with zero attached hydrogens (tertiary/aromatic N) is 2. The molecule has 1 spiro atoms. The molecule has 2 atom stereocenters. The van der Waals surface area contributed by atoms with E-state index < -0.39 is 0 Å². The summed E-state index contributed by atoms with van der Waals surface area (Å²) in [6.45, 7) is 4.31. The van der Waals surface area contributed by atoms with Crippen LogP contribution in [0.5, 0.6) is 0 Å². The maximum Gasteiger partial charge on any atom is 0.234 e. The summed E-state index contributed by atoms with van der Waals surface area (Å²) in [5, 5.41) is 0. The van der Waals surface area contributed by atoms with E-state index in [0.29, 0.717) is 5.92 Å². The summed E-state index contributed by atoms with van der Waals surface area (Å²) in [5.74, 6) is 0.713. The molecule has 0 N–H and O–H groups in total. The smallest absolute Gasteiger partial charge is 0.234 e. The van der Waals surface area contributed by atoms with Gasteiger partial charge in [-0.2, -0.15) is 0 Å². The van der Waals surface area contributed by atoms with E-state index in [4.69, 9.17) is 0 Å². The van der Waals surface area contributed by atoms with Gasteiger partial charge in [-0.25, -0.2) is 0 Å². The zero-order chi connectivity index (χ0) is 11.5. The fourth-order valence-electron chi connectivity index (χ4n) is 3.77. The second-order valence-corrected chi connectivity index (χ2v) is 5.51. The molecule has 2 aliphatic carbocycles. The molecule has 0 amide bonds. The van der Waals surface area contributed by atoms with Crippen molar-refractivity contribution >= 4 is 18.2 Å². The van der Waals surface area contributed by atoms with Crippen LogP contribution in [0.15, 0.2) is 11.3 Å². The lowest BCUT2D eigenvalue weighted by Gasteiger charge is -2.28. The van der Waals surface area contributed by atoms with Crippen LogP contribution in [0.25, 0.3) is 5.53 Å². The van der Waals surface area contributed by atoms with E-state index in [0.717, 1.165) is 37.8 Å². The molecule has 94 valence electrons. The lowest BCUT2D eigenvalue weighted by atomic mass is 9.83. The fourth-order valence-corrected chi connectivity index (χ4v) is 3.77. The van der Waals surface area contributed by atoms with Gasteiger partial charge in [0.2, 0.25) is 11.8 Å². The van der Waals surface area contributed by atoms with Gasteiger partial charge in [-0.15, -0.1) is 12.4 Å². The summed E-state index contributed by atoms with van der Waals surface area (Å²) in [5.41, 5.74) is 11.8. The van der Waals surface area contributed by atoms with Crippen molar-refractivity contribution in [3.63, 3.8) is 0 Å². The quantitative estimate of drug-likeness (QED) is 0.698. The van der Waals surface area contributed by atoms with Gasteiger partial charge in [0.1, 0.15) is 5.41 Å². The van der Waals surface area contributed by atoms with Crippen LogP contribution in [0.4, 0.5) is 0 Å². The summed E-state index contributed by atoms with van der Waals surface area (Å²) in [7, 11) is 0. The number of Topliss-reactive ketones (excluding diaryl/α,β-unsaturated/α-hetero) is 1. The van der Waals surface area contributed by atoms with Crippen molar-refractivity contribution in [2.45, 2.75) is 52.0 Å². The third-order valence-corrected chi connectivity index (χ3v) is 4.82. The van der Waals surface area contributed by atoms with Gasteiger partial charge in [0.05, 0.1) is 5.57 Å². The molecule has 2 aliphatic heterocycles. The first-order valence-corrected chi connectivity index (χ1v) is 6.40. The summed E-state index contributed by atoms with van der Waals surface area (Å²) in [4.78, 5) is 12.4. The van der Waals surface area contributed by atoms with Crippen LogP contribution < -0.4 is 0 Å². The average molecular weight is 255 g/mol. The van der Waals surface area contributed by atoms with Crippen molar-refractivity contribution in [1.29, 1.82) is 0 Å². The summed E-state index contributed by atoms with van der Waals surface area (Å²) < 4.78 is 1.26. The molecule has 17 heavy (non-hydrogen) atoms. The first-order chi connectivity index (χ1) is 7.63. The zero-order valence-electron chi connectivity index (χ0n) is 10.4. The maximum atomic E-state index is 12.4. The molecular formula is C13H19ClN2O.